The zero-order valence-electron chi connectivity index (χ0n) is 22.7. The molecule has 4 aliphatic rings. The smallest absolute Gasteiger partial charge is 0.212 e. The number of hydrogen-bond acceptors (Lipinski definition) is 9. The molecule has 4 fully saturated rings. The average Bonchev–Trinajstić information content (AvgIpc) is 3.58. The average molecular weight is 537 g/mol. The van der Waals surface area contributed by atoms with Crippen molar-refractivity contribution in [3.63, 3.8) is 0 Å². The molecule has 0 amide bonds. The Hall–Kier alpha value is -4.20. The highest BCUT2D eigenvalue weighted by Crippen LogP contribution is 2.37. The Morgan fingerprint density at radius 3 is 2.60 bits per heavy atom. The molecule has 4 aromatic rings. The number of piperidine rings is 1. The van der Waals surface area contributed by atoms with Gasteiger partial charge in [0.05, 0.1) is 41.9 Å². The number of fused-ring (bicyclic) bond motifs is 3. The van der Waals surface area contributed by atoms with Gasteiger partial charge in [0, 0.05) is 74.4 Å². The number of methoxy groups -OCH3 is 1. The lowest BCUT2D eigenvalue weighted by molar-refractivity contribution is -0.00876. The van der Waals surface area contributed by atoms with Gasteiger partial charge < -0.3 is 19.6 Å². The van der Waals surface area contributed by atoms with Crippen molar-refractivity contribution < 1.29 is 9.84 Å². The van der Waals surface area contributed by atoms with Gasteiger partial charge in [-0.2, -0.15) is 10.4 Å². The SMILES string of the molecule is COc1ccc(CN2C3CC2CN(c2ccc(-c4cc(N5CCC(C)(O)C5)cn5ncc(C#N)c45)cn2)C3)cn1. The standard InChI is InChI=1S/C30H32N8O2/c1-30(39)7-8-35(19-30)23-10-26(29-22(11-31)14-34-38(29)18-23)21-4-5-27(32-13-21)36-16-24-9-25(17-36)37(24)15-20-3-6-28(40-2)33-12-20/h3-6,10,12-14,18,24-25,39H,7-9,15-17,19H2,1-2H3. The van der Waals surface area contributed by atoms with Gasteiger partial charge in [0.25, 0.3) is 0 Å². The van der Waals surface area contributed by atoms with Crippen LogP contribution < -0.4 is 14.5 Å². The molecule has 204 valence electrons. The number of aromatic nitrogens is 4. The van der Waals surface area contributed by atoms with Gasteiger partial charge in [-0.15, -0.1) is 0 Å². The first-order chi connectivity index (χ1) is 19.4. The highest BCUT2D eigenvalue weighted by molar-refractivity contribution is 5.86. The third-order valence-corrected chi connectivity index (χ3v) is 8.63. The molecule has 4 saturated heterocycles. The van der Waals surface area contributed by atoms with E-state index in [1.807, 2.05) is 31.6 Å². The Morgan fingerprint density at radius 2 is 1.95 bits per heavy atom. The van der Waals surface area contributed by atoms with E-state index in [0.29, 0.717) is 36.5 Å². The van der Waals surface area contributed by atoms with Crippen molar-refractivity contribution in [2.24, 2.45) is 0 Å². The Morgan fingerprint density at radius 1 is 1.10 bits per heavy atom. The highest BCUT2D eigenvalue weighted by atomic mass is 16.5. The van der Waals surface area contributed by atoms with Gasteiger partial charge in [-0.05, 0) is 43.5 Å². The number of hydrogen-bond donors (Lipinski definition) is 1. The van der Waals surface area contributed by atoms with Crippen molar-refractivity contribution in [2.45, 2.75) is 44.0 Å². The quantitative estimate of drug-likeness (QED) is 0.398. The summed E-state index contributed by atoms with van der Waals surface area (Å²) in [7, 11) is 1.64. The van der Waals surface area contributed by atoms with Crippen LogP contribution in [0, 0.1) is 11.3 Å². The molecule has 0 aromatic carbocycles. The van der Waals surface area contributed by atoms with Crippen LogP contribution in [0.3, 0.4) is 0 Å². The molecule has 0 aliphatic carbocycles. The van der Waals surface area contributed by atoms with E-state index in [1.165, 1.54) is 12.0 Å². The van der Waals surface area contributed by atoms with Crippen LogP contribution in [0.5, 0.6) is 5.88 Å². The Kier molecular flexibility index (Phi) is 5.87. The summed E-state index contributed by atoms with van der Waals surface area (Å²) in [4.78, 5) is 16.3. The molecule has 2 bridgehead atoms. The maximum Gasteiger partial charge on any atom is 0.212 e. The Bertz CT molecular complexity index is 1580. The van der Waals surface area contributed by atoms with Crippen molar-refractivity contribution in [2.75, 3.05) is 43.1 Å². The van der Waals surface area contributed by atoms with E-state index in [1.54, 1.807) is 17.8 Å². The summed E-state index contributed by atoms with van der Waals surface area (Å²) in [5, 5.41) is 24.7. The molecule has 3 unspecified atom stereocenters. The lowest BCUT2D eigenvalue weighted by Gasteiger charge is -2.56. The minimum atomic E-state index is -0.712. The number of aliphatic hydroxyl groups is 1. The summed E-state index contributed by atoms with van der Waals surface area (Å²) in [5.41, 5.74) is 4.62. The molecular weight excluding hydrogens is 504 g/mol. The van der Waals surface area contributed by atoms with E-state index in [-0.39, 0.29) is 0 Å². The zero-order valence-corrected chi connectivity index (χ0v) is 22.7. The summed E-state index contributed by atoms with van der Waals surface area (Å²) in [5.74, 6) is 1.61. The van der Waals surface area contributed by atoms with Gasteiger partial charge in [0.15, 0.2) is 0 Å². The normalized spacial score (nSPS) is 24.2. The van der Waals surface area contributed by atoms with Crippen molar-refractivity contribution in [3.8, 4) is 23.1 Å². The molecule has 0 spiro atoms. The fourth-order valence-electron chi connectivity index (χ4n) is 6.45. The van der Waals surface area contributed by atoms with Crippen molar-refractivity contribution in [1.29, 1.82) is 5.26 Å². The fraction of sp³-hybridized carbons (Fsp3) is 0.400. The predicted octanol–water partition coefficient (Wildman–Crippen LogP) is 3.10. The molecule has 1 N–H and O–H groups in total. The van der Waals surface area contributed by atoms with E-state index in [9.17, 15) is 10.4 Å². The highest BCUT2D eigenvalue weighted by Gasteiger charge is 2.44. The number of anilines is 2. The Balaban J connectivity index is 1.11. The third-order valence-electron chi connectivity index (χ3n) is 8.63. The van der Waals surface area contributed by atoms with Crippen LogP contribution in [-0.2, 0) is 6.54 Å². The Labute approximate surface area is 233 Å². The first kappa shape index (κ1) is 24.8. The summed E-state index contributed by atoms with van der Waals surface area (Å²) in [6, 6.07) is 13.6. The van der Waals surface area contributed by atoms with Crippen LogP contribution in [0.25, 0.3) is 16.6 Å². The van der Waals surface area contributed by atoms with E-state index in [0.717, 1.165) is 54.3 Å². The second kappa shape index (κ2) is 9.47. The minimum absolute atomic E-state index is 0.501. The largest absolute Gasteiger partial charge is 0.481 e. The molecule has 8 rings (SSSR count). The first-order valence-corrected chi connectivity index (χ1v) is 13.8. The number of rotatable bonds is 6. The van der Waals surface area contributed by atoms with Crippen molar-refractivity contribution in [1.82, 2.24) is 24.5 Å². The van der Waals surface area contributed by atoms with Crippen LogP contribution in [0.15, 0.2) is 55.1 Å². The molecule has 3 atom stereocenters. The summed E-state index contributed by atoms with van der Waals surface area (Å²) < 4.78 is 6.96. The minimum Gasteiger partial charge on any atom is -0.481 e. The van der Waals surface area contributed by atoms with Gasteiger partial charge in [0.2, 0.25) is 5.88 Å². The van der Waals surface area contributed by atoms with Crippen LogP contribution in [0.1, 0.15) is 30.9 Å². The van der Waals surface area contributed by atoms with Crippen LogP contribution in [-0.4, -0.2) is 80.6 Å². The van der Waals surface area contributed by atoms with Crippen molar-refractivity contribution >= 4 is 17.0 Å². The van der Waals surface area contributed by atoms with E-state index < -0.39 is 5.60 Å². The molecular formula is C30H32N8O2. The lowest BCUT2D eigenvalue weighted by atomic mass is 9.87. The number of pyridine rings is 3. The van der Waals surface area contributed by atoms with Crippen molar-refractivity contribution in [3.05, 3.63) is 66.2 Å². The molecule has 10 heteroatoms. The molecule has 4 aliphatic heterocycles. The van der Waals surface area contributed by atoms with E-state index in [2.05, 4.69) is 55.1 Å². The summed E-state index contributed by atoms with van der Waals surface area (Å²) >= 11 is 0. The fourth-order valence-corrected chi connectivity index (χ4v) is 6.45. The van der Waals surface area contributed by atoms with Gasteiger partial charge in [-0.25, -0.2) is 14.5 Å². The number of β-amino-alcohol motifs (C(OH)–C–C–N with tert-alkyl or cyclic N) is 1. The first-order valence-electron chi connectivity index (χ1n) is 13.8. The number of ether oxygens (including phenoxy) is 1. The van der Waals surface area contributed by atoms with Gasteiger partial charge in [-0.1, -0.05) is 6.07 Å². The molecule has 0 saturated carbocycles. The van der Waals surface area contributed by atoms with Crippen LogP contribution in [0.2, 0.25) is 0 Å². The number of nitrogens with zero attached hydrogens (tertiary/aromatic N) is 8. The predicted molar refractivity (Wildman–Crippen MR) is 151 cm³/mol. The lowest BCUT2D eigenvalue weighted by Crippen LogP contribution is -2.68. The summed E-state index contributed by atoms with van der Waals surface area (Å²) in [6.45, 7) is 5.99. The molecule has 4 aromatic heterocycles. The molecule has 8 heterocycles. The third kappa shape index (κ3) is 4.31. The van der Waals surface area contributed by atoms with Gasteiger partial charge >= 0.3 is 0 Å². The van der Waals surface area contributed by atoms with Gasteiger partial charge in [0.1, 0.15) is 11.9 Å². The second-order valence-electron chi connectivity index (χ2n) is 11.5. The monoisotopic (exact) mass is 536 g/mol. The van der Waals surface area contributed by atoms with Crippen LogP contribution >= 0.6 is 0 Å². The summed E-state index contributed by atoms with van der Waals surface area (Å²) in [6.07, 6.45) is 9.29. The maximum atomic E-state index is 10.5. The maximum absolute atomic E-state index is 10.5. The molecule has 10 nitrogen and oxygen atoms in total. The zero-order chi connectivity index (χ0) is 27.4. The number of piperazine rings is 1. The van der Waals surface area contributed by atoms with E-state index in [4.69, 9.17) is 9.72 Å². The topological polar surface area (TPSA) is 106 Å². The molecule has 40 heavy (non-hydrogen) atoms. The number of nitriles is 1. The van der Waals surface area contributed by atoms with E-state index >= 15 is 0 Å². The van der Waals surface area contributed by atoms with Crippen LogP contribution in [0.4, 0.5) is 11.5 Å². The second-order valence-corrected chi connectivity index (χ2v) is 11.5. The molecule has 0 radical (unpaired) electrons. The van der Waals surface area contributed by atoms with Gasteiger partial charge in [-0.3, -0.25) is 4.90 Å².